The van der Waals surface area contributed by atoms with Crippen LogP contribution >= 0.6 is 0 Å². The van der Waals surface area contributed by atoms with Crippen molar-refractivity contribution in [2.24, 2.45) is 17.8 Å². The number of fused-ring (bicyclic) bond motifs is 1. The molecule has 1 saturated carbocycles. The molecule has 3 nitrogen and oxygen atoms in total. The van der Waals surface area contributed by atoms with E-state index in [1.54, 1.807) is 0 Å². The van der Waals surface area contributed by atoms with Gasteiger partial charge in [-0.25, -0.2) is 8.42 Å². The van der Waals surface area contributed by atoms with Crippen molar-refractivity contribution < 1.29 is 8.42 Å². The molecule has 1 aliphatic heterocycles. The predicted molar refractivity (Wildman–Crippen MR) is 43.1 cm³/mol. The van der Waals surface area contributed by atoms with Gasteiger partial charge in [0.25, 0.3) is 0 Å². The highest BCUT2D eigenvalue weighted by Gasteiger charge is 2.53. The van der Waals surface area contributed by atoms with Gasteiger partial charge in [0.2, 0.25) is 0 Å². The largest absolute Gasteiger partial charge is 0.316 e. The molecule has 2 rings (SSSR count). The third-order valence-electron chi connectivity index (χ3n) is 2.76. The van der Waals surface area contributed by atoms with Gasteiger partial charge in [-0.3, -0.25) is 0 Å². The monoisotopic (exact) mass is 175 g/mol. The maximum atomic E-state index is 10.9. The molecule has 0 aromatic rings. The van der Waals surface area contributed by atoms with E-state index in [9.17, 15) is 8.42 Å². The summed E-state index contributed by atoms with van der Waals surface area (Å²) in [5.41, 5.74) is 0. The molecule has 1 saturated heterocycles. The third kappa shape index (κ3) is 1.42. The quantitative estimate of drug-likeness (QED) is 0.615. The van der Waals surface area contributed by atoms with Crippen LogP contribution in [0.4, 0.5) is 0 Å². The molecule has 1 unspecified atom stereocenters. The summed E-state index contributed by atoms with van der Waals surface area (Å²) in [7, 11) is -2.73. The van der Waals surface area contributed by atoms with Gasteiger partial charge in [0, 0.05) is 6.26 Å². The van der Waals surface area contributed by atoms with Crippen molar-refractivity contribution in [3.05, 3.63) is 0 Å². The molecule has 2 fully saturated rings. The minimum absolute atomic E-state index is 0.407. The van der Waals surface area contributed by atoms with Gasteiger partial charge in [-0.05, 0) is 30.8 Å². The van der Waals surface area contributed by atoms with Crippen LogP contribution in [0.1, 0.15) is 0 Å². The summed E-state index contributed by atoms with van der Waals surface area (Å²) in [6, 6.07) is 0. The lowest BCUT2D eigenvalue weighted by Crippen LogP contribution is -2.18. The van der Waals surface area contributed by atoms with Crippen LogP contribution in [0.15, 0.2) is 0 Å². The van der Waals surface area contributed by atoms with E-state index in [1.165, 1.54) is 6.26 Å². The van der Waals surface area contributed by atoms with Gasteiger partial charge >= 0.3 is 0 Å². The molecule has 0 radical (unpaired) electrons. The number of nitrogens with one attached hydrogen (secondary N) is 1. The fourth-order valence-corrected chi connectivity index (χ4v) is 3.34. The lowest BCUT2D eigenvalue weighted by atomic mass is 10.3. The molecule has 0 spiro atoms. The van der Waals surface area contributed by atoms with E-state index < -0.39 is 9.84 Å². The first-order valence-corrected chi connectivity index (χ1v) is 6.02. The van der Waals surface area contributed by atoms with Gasteiger partial charge in [-0.1, -0.05) is 0 Å². The van der Waals surface area contributed by atoms with Crippen LogP contribution in [-0.4, -0.2) is 33.5 Å². The average Bonchev–Trinajstić information content (AvgIpc) is 2.39. The summed E-state index contributed by atoms with van der Waals surface area (Å²) < 4.78 is 21.8. The summed E-state index contributed by atoms with van der Waals surface area (Å²) >= 11 is 0. The van der Waals surface area contributed by atoms with Crippen LogP contribution in [0.2, 0.25) is 0 Å². The summed E-state index contributed by atoms with van der Waals surface area (Å²) in [4.78, 5) is 0. The van der Waals surface area contributed by atoms with Gasteiger partial charge in [-0.15, -0.1) is 0 Å². The van der Waals surface area contributed by atoms with Crippen LogP contribution in [0.25, 0.3) is 0 Å². The van der Waals surface area contributed by atoms with E-state index in [-0.39, 0.29) is 0 Å². The van der Waals surface area contributed by atoms with Gasteiger partial charge in [0.05, 0.1) is 5.75 Å². The molecule has 1 aliphatic carbocycles. The molecule has 2 aliphatic rings. The molecule has 1 heterocycles. The number of sulfone groups is 1. The molecule has 0 aromatic heterocycles. The Bertz CT molecular complexity index is 250. The van der Waals surface area contributed by atoms with E-state index in [0.29, 0.717) is 23.5 Å². The van der Waals surface area contributed by atoms with Crippen molar-refractivity contribution in [3.8, 4) is 0 Å². The van der Waals surface area contributed by atoms with Gasteiger partial charge in [0.15, 0.2) is 0 Å². The molecule has 3 atom stereocenters. The van der Waals surface area contributed by atoms with Crippen LogP contribution in [0.3, 0.4) is 0 Å². The number of hydrogen-bond donors (Lipinski definition) is 1. The van der Waals surface area contributed by atoms with Crippen LogP contribution in [0, 0.1) is 17.8 Å². The number of hydrogen-bond acceptors (Lipinski definition) is 3. The molecule has 64 valence electrons. The number of rotatable bonds is 2. The highest BCUT2D eigenvalue weighted by Crippen LogP contribution is 2.49. The van der Waals surface area contributed by atoms with Crippen molar-refractivity contribution in [2.75, 3.05) is 25.1 Å². The van der Waals surface area contributed by atoms with Crippen molar-refractivity contribution in [1.29, 1.82) is 0 Å². The molecule has 11 heavy (non-hydrogen) atoms. The summed E-state index contributed by atoms with van der Waals surface area (Å²) in [6.45, 7) is 2.07. The smallest absolute Gasteiger partial charge is 0.147 e. The highest BCUT2D eigenvalue weighted by molar-refractivity contribution is 7.90. The van der Waals surface area contributed by atoms with Crippen molar-refractivity contribution in [1.82, 2.24) is 5.32 Å². The second kappa shape index (κ2) is 2.20. The number of piperidine rings is 1. The molecule has 0 bridgehead atoms. The summed E-state index contributed by atoms with van der Waals surface area (Å²) in [5.74, 6) is 2.23. The zero-order valence-corrected chi connectivity index (χ0v) is 7.39. The highest BCUT2D eigenvalue weighted by atomic mass is 32.2. The normalized spacial score (nSPS) is 42.1. The molecule has 1 N–H and O–H groups in total. The minimum atomic E-state index is -2.73. The van der Waals surface area contributed by atoms with Crippen molar-refractivity contribution in [2.45, 2.75) is 0 Å². The molecule has 0 aromatic carbocycles. The molecular formula is C7H13NO2S. The second-order valence-electron chi connectivity index (χ2n) is 3.74. The Kier molecular flexibility index (Phi) is 1.51. The summed E-state index contributed by atoms with van der Waals surface area (Å²) in [5, 5.41) is 3.24. The summed E-state index contributed by atoms with van der Waals surface area (Å²) in [6.07, 6.45) is 1.33. The third-order valence-corrected chi connectivity index (χ3v) is 3.75. The zero-order chi connectivity index (χ0) is 8.06. The second-order valence-corrected chi connectivity index (χ2v) is 5.93. The van der Waals surface area contributed by atoms with E-state index in [2.05, 4.69) is 5.32 Å². The van der Waals surface area contributed by atoms with E-state index in [1.807, 2.05) is 0 Å². The fourth-order valence-electron chi connectivity index (χ4n) is 2.14. The Morgan fingerprint density at radius 1 is 1.36 bits per heavy atom. The Morgan fingerprint density at radius 2 is 1.91 bits per heavy atom. The van der Waals surface area contributed by atoms with Crippen LogP contribution in [0.5, 0.6) is 0 Å². The first kappa shape index (κ1) is 7.55. The first-order valence-electron chi connectivity index (χ1n) is 3.96. The minimum Gasteiger partial charge on any atom is -0.316 e. The lowest BCUT2D eigenvalue weighted by molar-refractivity contribution is 0.581. The average molecular weight is 175 g/mol. The SMILES string of the molecule is CS(=O)(=O)CC1[C@H]2CNC[C@@H]12. The Hall–Kier alpha value is -0.0900. The van der Waals surface area contributed by atoms with Crippen molar-refractivity contribution >= 4 is 9.84 Å². The van der Waals surface area contributed by atoms with Crippen LogP contribution < -0.4 is 5.32 Å². The lowest BCUT2D eigenvalue weighted by Gasteiger charge is -2.01. The van der Waals surface area contributed by atoms with Crippen LogP contribution in [-0.2, 0) is 9.84 Å². The van der Waals surface area contributed by atoms with Gasteiger partial charge in [0.1, 0.15) is 9.84 Å². The zero-order valence-electron chi connectivity index (χ0n) is 6.58. The Morgan fingerprint density at radius 3 is 2.36 bits per heavy atom. The maximum Gasteiger partial charge on any atom is 0.147 e. The van der Waals surface area contributed by atoms with E-state index in [0.717, 1.165) is 13.1 Å². The van der Waals surface area contributed by atoms with E-state index in [4.69, 9.17) is 0 Å². The van der Waals surface area contributed by atoms with Gasteiger partial charge < -0.3 is 5.32 Å². The first-order chi connectivity index (χ1) is 5.08. The maximum absolute atomic E-state index is 10.9. The Balaban J connectivity index is 1.93. The fraction of sp³-hybridized carbons (Fsp3) is 1.00. The topological polar surface area (TPSA) is 46.2 Å². The van der Waals surface area contributed by atoms with Gasteiger partial charge in [-0.2, -0.15) is 0 Å². The molecule has 0 amide bonds. The predicted octanol–water partition coefficient (Wildman–Crippen LogP) is -0.504. The molecular weight excluding hydrogens is 162 g/mol. The van der Waals surface area contributed by atoms with E-state index >= 15 is 0 Å². The standard InChI is InChI=1S/C7H13NO2S/c1-11(9,10)4-7-5-2-8-3-6(5)7/h5-8H,2-4H2,1H3/t5-,6+,7?. The molecule has 4 heteroatoms. The van der Waals surface area contributed by atoms with Crippen molar-refractivity contribution in [3.63, 3.8) is 0 Å². The Labute approximate surface area is 67.1 Å².